The van der Waals surface area contributed by atoms with E-state index < -0.39 is 0 Å². The van der Waals surface area contributed by atoms with Crippen LogP contribution in [0.3, 0.4) is 0 Å². The Kier molecular flexibility index (Phi) is 112. The van der Waals surface area contributed by atoms with Crippen LogP contribution in [0.2, 0.25) is 0 Å². The van der Waals surface area contributed by atoms with Gasteiger partial charge in [-0.1, -0.05) is 19.9 Å². The summed E-state index contributed by atoms with van der Waals surface area (Å²) in [6.45, 7) is 7.06. The van der Waals surface area contributed by atoms with Crippen molar-refractivity contribution in [3.05, 3.63) is 34.4 Å². The van der Waals surface area contributed by atoms with E-state index in [9.17, 15) is 0 Å². The summed E-state index contributed by atoms with van der Waals surface area (Å²) in [6, 6.07) is 0.517. The third-order valence-corrected chi connectivity index (χ3v) is 0.604. The van der Waals surface area contributed by atoms with Gasteiger partial charge in [-0.2, -0.15) is 6.42 Å². The van der Waals surface area contributed by atoms with Crippen molar-refractivity contribution >= 4 is 0 Å². The number of unbranched alkanes of at least 4 members (excludes halogenated alkanes) is 1. The van der Waals surface area contributed by atoms with Gasteiger partial charge in [0.25, 0.3) is 0 Å². The molecular weight excluding hydrogens is 381 g/mol. The van der Waals surface area contributed by atoms with E-state index >= 15 is 0 Å². The van der Waals surface area contributed by atoms with Crippen molar-refractivity contribution in [2.75, 3.05) is 0 Å². The molecule has 0 aromatic heterocycles. The minimum Gasteiger partial charge on any atom is -0.358 e. The Morgan fingerprint density at radius 2 is 1.91 bits per heavy atom. The van der Waals surface area contributed by atoms with Crippen molar-refractivity contribution in [2.24, 2.45) is 0 Å². The predicted octanol–water partition coefficient (Wildman–Crippen LogP) is 3.95. The van der Waals surface area contributed by atoms with E-state index in [2.05, 4.69) is 13.5 Å². The molecule has 0 saturated heterocycles. The normalized spacial score (nSPS) is 5.73. The van der Waals surface area contributed by atoms with E-state index in [-0.39, 0.29) is 77.5 Å². The minimum absolute atomic E-state index is 0. The van der Waals surface area contributed by atoms with Gasteiger partial charge in [-0.25, -0.2) is 0 Å². The summed E-state index contributed by atoms with van der Waals surface area (Å²) in [5.41, 5.74) is 0. The molecule has 1 radical (unpaired) electrons. The Balaban J connectivity index is -0.0000000120. The molecule has 0 heterocycles. The Labute approximate surface area is 117 Å². The monoisotopic (exact) mass is 407 g/mol. The van der Waals surface area contributed by atoms with Crippen LogP contribution >= 0.6 is 0 Å². The van der Waals surface area contributed by atoms with Crippen LogP contribution in [0.15, 0.2) is 12.6 Å². The van der Waals surface area contributed by atoms with Crippen LogP contribution in [0.1, 0.15) is 29.5 Å². The molecule has 0 atom stereocenters. The molecule has 0 rings (SSSR count). The van der Waals surface area contributed by atoms with Gasteiger partial charge in [0.2, 0.25) is 0 Å². The Hall–Kier alpha value is 1.53. The average molecular weight is 407 g/mol. The molecule has 0 fully saturated rings. The van der Waals surface area contributed by atoms with Crippen molar-refractivity contribution in [2.45, 2.75) is 26.7 Å². The molecule has 11 heavy (non-hydrogen) atoms. The van der Waals surface area contributed by atoms with Crippen LogP contribution in [0, 0.1) is 21.8 Å². The Bertz CT molecular complexity index is 70.6. The molecule has 0 aromatic carbocycles. The van der Waals surface area contributed by atoms with Crippen molar-refractivity contribution in [1.82, 2.24) is 0 Å². The van der Waals surface area contributed by atoms with E-state index in [4.69, 9.17) is 1.37 Å². The summed E-state index contributed by atoms with van der Waals surface area (Å²) in [6.07, 6.45) is 2.73. The van der Waals surface area contributed by atoms with Crippen LogP contribution in [0.25, 0.3) is 0 Å². The summed E-state index contributed by atoms with van der Waals surface area (Å²) in [5.74, 6) is 0. The van der Waals surface area contributed by atoms with Crippen molar-refractivity contribution in [3.63, 3.8) is 0 Å². The van der Waals surface area contributed by atoms with Gasteiger partial charge >= 0.3 is 21.1 Å². The second-order valence-electron chi connectivity index (χ2n) is 1.21. The fourth-order valence-electron chi connectivity index (χ4n) is 0.250. The van der Waals surface area contributed by atoms with E-state index in [0.717, 1.165) is 19.3 Å². The molecule has 0 N–H and O–H groups in total. The summed E-state index contributed by atoms with van der Waals surface area (Å²) < 4.78 is 6.86. The smallest absolute Gasteiger partial charge is 0.358 e. The zero-order valence-corrected chi connectivity index (χ0v) is 12.8. The molecule has 2 heteroatoms. The molecule has 0 nitrogen and oxygen atoms in total. The second kappa shape index (κ2) is 41.8. The zero-order chi connectivity index (χ0) is 5.70. The first-order chi connectivity index (χ1) is 3.27. The molecule has 69 valence electrons. The maximum absolute atomic E-state index is 6.86. The molecule has 0 aliphatic heterocycles. The largest absolute Gasteiger partial charge is 2.00 e. The van der Waals surface area contributed by atoms with E-state index in [1.807, 2.05) is 0 Å². The van der Waals surface area contributed by atoms with Crippen LogP contribution < -0.4 is 0 Å². The zero-order valence-electron chi connectivity index (χ0n) is 8.02. The fraction of sp³-hybridized carbons (Fsp3) is 0.444. The number of allylic oxidation sites excluding steroid dienone is 1. The summed E-state index contributed by atoms with van der Waals surface area (Å²) in [5, 5.41) is 0. The predicted molar refractivity (Wildman–Crippen MR) is 51.1 cm³/mol. The first kappa shape index (κ1) is 29.4. The van der Waals surface area contributed by atoms with Gasteiger partial charge in [0, 0.05) is 34.1 Å². The topological polar surface area (TPSA) is 0 Å². The minimum atomic E-state index is 0. The van der Waals surface area contributed by atoms with Crippen LogP contribution in [-0.2, 0) is 53.8 Å². The third-order valence-electron chi connectivity index (χ3n) is 0.604. The number of hydrogen-bond acceptors (Lipinski definition) is 0. The van der Waals surface area contributed by atoms with Gasteiger partial charge < -0.3 is 21.8 Å². The number of rotatable bonds is 3. The maximum atomic E-state index is 6.86. The summed E-state index contributed by atoms with van der Waals surface area (Å²) >= 11 is 0. The van der Waals surface area contributed by atoms with Gasteiger partial charge in [0.1, 0.15) is 0 Å². The standard InChI is InChI=1S/C6H11.CH4.2CH3.W.Y.H2/c1-3-5-6-4-2;;;;;;/h3H,1-2,4-6H2;1H4;2*1H3;;;1H/q-1;;2*-1;+2;;/i3D;;;;;;1+2. The van der Waals surface area contributed by atoms with Crippen LogP contribution in [-0.4, -0.2) is 0 Å². The number of hydrogen-bond donors (Lipinski definition) is 0. The van der Waals surface area contributed by atoms with E-state index in [0.29, 0.717) is 6.05 Å². The molecule has 0 spiro atoms. The van der Waals surface area contributed by atoms with E-state index in [1.165, 1.54) is 0 Å². The van der Waals surface area contributed by atoms with Gasteiger partial charge in [-0.15, -0.1) is 6.58 Å². The van der Waals surface area contributed by atoms with Gasteiger partial charge in [-0.3, -0.25) is 0 Å². The van der Waals surface area contributed by atoms with Gasteiger partial charge in [0.05, 0.1) is 1.37 Å². The Morgan fingerprint density at radius 3 is 2.00 bits per heavy atom. The first-order valence-electron chi connectivity index (χ1n) is 2.71. The maximum Gasteiger partial charge on any atom is 2.00 e. The molecule has 0 amide bonds. The van der Waals surface area contributed by atoms with Gasteiger partial charge in [-0.05, 0) is 6.42 Å². The molecule has 0 saturated carbocycles. The molecule has 0 bridgehead atoms. The van der Waals surface area contributed by atoms with E-state index in [1.54, 1.807) is 0 Å². The molecule has 0 aliphatic carbocycles. The first-order valence-corrected chi connectivity index (χ1v) is 2.21. The molecule has 0 unspecified atom stereocenters. The van der Waals surface area contributed by atoms with Crippen LogP contribution in [0.5, 0.6) is 0 Å². The summed E-state index contributed by atoms with van der Waals surface area (Å²) in [7, 11) is 0. The SMILES string of the molecule is C.[2H]C(=C)CCC[CH2-].[3HH].[CH3-].[CH3-].[W+2].[Y]. The Morgan fingerprint density at radius 1 is 1.55 bits per heavy atom. The quantitative estimate of drug-likeness (QED) is 0.491. The van der Waals surface area contributed by atoms with Crippen molar-refractivity contribution in [3.8, 4) is 0 Å². The average Bonchev–Trinajstić information content (AvgIpc) is 1.61. The second-order valence-corrected chi connectivity index (χ2v) is 1.21. The van der Waals surface area contributed by atoms with Crippen LogP contribution in [0.4, 0.5) is 0 Å². The van der Waals surface area contributed by atoms with Crippen molar-refractivity contribution in [1.29, 1.82) is 0 Å². The molecule has 0 aromatic rings. The fourth-order valence-corrected chi connectivity index (χ4v) is 0.250. The molecule has 0 aliphatic rings. The molecular formula is C9H23WY-. The summed E-state index contributed by atoms with van der Waals surface area (Å²) in [4.78, 5) is 0. The van der Waals surface area contributed by atoms with Gasteiger partial charge in [0.15, 0.2) is 0 Å². The van der Waals surface area contributed by atoms with Crippen molar-refractivity contribution < 1.29 is 56.6 Å². The third kappa shape index (κ3) is 51.0.